The summed E-state index contributed by atoms with van der Waals surface area (Å²) in [5.41, 5.74) is 0. The number of rotatable bonds is 7. The number of aromatic hydroxyl groups is 1. The van der Waals surface area contributed by atoms with Crippen LogP contribution in [0, 0.1) is 0 Å². The maximum absolute atomic E-state index is 13.1. The molecule has 2 aromatic carbocycles. The lowest BCUT2D eigenvalue weighted by Gasteiger charge is -2.34. The number of ether oxygens (including phenoxy) is 3. The lowest BCUT2D eigenvalue weighted by atomic mass is 10.3. The van der Waals surface area contributed by atoms with E-state index in [1.54, 1.807) is 30.3 Å². The summed E-state index contributed by atoms with van der Waals surface area (Å²) >= 11 is 0. The Morgan fingerprint density at radius 2 is 1.70 bits per heavy atom. The summed E-state index contributed by atoms with van der Waals surface area (Å²) in [6, 6.07) is 11.0. The molecule has 9 nitrogen and oxygen atoms in total. The Morgan fingerprint density at radius 3 is 2.33 bits per heavy atom. The molecule has 1 saturated heterocycles. The van der Waals surface area contributed by atoms with Crippen LogP contribution in [0.1, 0.15) is 0 Å². The smallest absolute Gasteiger partial charge is 0.260 e. The molecule has 3 rings (SSSR count). The Labute approximate surface area is 175 Å². The van der Waals surface area contributed by atoms with E-state index in [2.05, 4.69) is 0 Å². The summed E-state index contributed by atoms with van der Waals surface area (Å²) in [5, 5.41) is 9.70. The standard InChI is InChI=1S/C20H24N2O7S/c1-27-15-7-8-18(28-2)19(13-15)30(25,26)22-11-9-21(10-12-22)20(24)14-29-17-6-4-3-5-16(17)23/h3-8,13,23H,9-12,14H2,1-2H3. The molecule has 0 atom stereocenters. The van der Waals surface area contributed by atoms with Crippen LogP contribution < -0.4 is 14.2 Å². The number of piperazine rings is 1. The van der Waals surface area contributed by atoms with Gasteiger partial charge in [-0.1, -0.05) is 12.1 Å². The van der Waals surface area contributed by atoms with Gasteiger partial charge in [-0.2, -0.15) is 4.31 Å². The summed E-state index contributed by atoms with van der Waals surface area (Å²) < 4.78 is 43.2. The SMILES string of the molecule is COc1ccc(OC)c(S(=O)(=O)N2CCN(C(=O)COc3ccccc3O)CC2)c1. The van der Waals surface area contributed by atoms with Gasteiger partial charge in [0.15, 0.2) is 18.1 Å². The van der Waals surface area contributed by atoms with Crippen LogP contribution in [-0.4, -0.2) is 75.6 Å². The monoisotopic (exact) mass is 436 g/mol. The van der Waals surface area contributed by atoms with E-state index in [9.17, 15) is 18.3 Å². The lowest BCUT2D eigenvalue weighted by molar-refractivity contribution is -0.134. The molecule has 1 aliphatic rings. The number of methoxy groups -OCH3 is 2. The summed E-state index contributed by atoms with van der Waals surface area (Å²) in [6.07, 6.45) is 0. The second-order valence-corrected chi connectivity index (χ2v) is 8.46. The second-order valence-electron chi connectivity index (χ2n) is 6.56. The van der Waals surface area contributed by atoms with E-state index in [4.69, 9.17) is 14.2 Å². The molecule has 0 aliphatic carbocycles. The number of phenolic OH excluding ortho intramolecular Hbond substituents is 1. The van der Waals surface area contributed by atoms with Gasteiger partial charge in [-0.25, -0.2) is 8.42 Å². The molecule has 1 N–H and O–H groups in total. The molecular weight excluding hydrogens is 412 g/mol. The fraction of sp³-hybridized carbons (Fsp3) is 0.350. The van der Waals surface area contributed by atoms with E-state index < -0.39 is 10.0 Å². The van der Waals surface area contributed by atoms with E-state index >= 15 is 0 Å². The minimum atomic E-state index is -3.82. The third kappa shape index (κ3) is 4.60. The van der Waals surface area contributed by atoms with E-state index in [1.165, 1.54) is 35.6 Å². The molecule has 1 fully saturated rings. The van der Waals surface area contributed by atoms with Crippen LogP contribution in [0.3, 0.4) is 0 Å². The fourth-order valence-corrected chi connectivity index (χ4v) is 4.71. The zero-order valence-electron chi connectivity index (χ0n) is 16.8. The Bertz CT molecular complexity index is 1000. The Hall–Kier alpha value is -2.98. The van der Waals surface area contributed by atoms with E-state index in [1.807, 2.05) is 0 Å². The molecule has 2 aromatic rings. The summed E-state index contributed by atoms with van der Waals surface area (Å²) in [7, 11) is -0.958. The van der Waals surface area contributed by atoms with E-state index in [0.29, 0.717) is 5.75 Å². The van der Waals surface area contributed by atoms with Crippen molar-refractivity contribution in [2.24, 2.45) is 0 Å². The van der Waals surface area contributed by atoms with Gasteiger partial charge in [0.2, 0.25) is 10.0 Å². The van der Waals surface area contributed by atoms with Gasteiger partial charge in [0.1, 0.15) is 16.4 Å². The van der Waals surface area contributed by atoms with Gasteiger partial charge in [0.25, 0.3) is 5.91 Å². The Kier molecular flexibility index (Phi) is 6.68. The van der Waals surface area contributed by atoms with Crippen molar-refractivity contribution in [3.05, 3.63) is 42.5 Å². The number of benzene rings is 2. The number of sulfonamides is 1. The highest BCUT2D eigenvalue weighted by atomic mass is 32.2. The molecule has 0 radical (unpaired) electrons. The Balaban J connectivity index is 1.63. The molecule has 1 aliphatic heterocycles. The van der Waals surface area contributed by atoms with Crippen LogP contribution in [0.5, 0.6) is 23.0 Å². The molecule has 162 valence electrons. The van der Waals surface area contributed by atoms with Crippen LogP contribution in [0.4, 0.5) is 0 Å². The maximum atomic E-state index is 13.1. The second kappa shape index (κ2) is 9.23. The van der Waals surface area contributed by atoms with Crippen molar-refractivity contribution in [3.63, 3.8) is 0 Å². The van der Waals surface area contributed by atoms with Gasteiger partial charge in [0, 0.05) is 32.2 Å². The maximum Gasteiger partial charge on any atom is 0.260 e. The molecule has 0 bridgehead atoms. The normalized spacial score (nSPS) is 14.9. The quantitative estimate of drug-likeness (QED) is 0.698. The van der Waals surface area contributed by atoms with Crippen molar-refractivity contribution >= 4 is 15.9 Å². The van der Waals surface area contributed by atoms with Crippen molar-refractivity contribution in [2.45, 2.75) is 4.90 Å². The van der Waals surface area contributed by atoms with E-state index in [-0.39, 0.29) is 60.8 Å². The number of hydrogen-bond acceptors (Lipinski definition) is 7. The molecule has 0 unspecified atom stereocenters. The minimum Gasteiger partial charge on any atom is -0.504 e. The zero-order chi connectivity index (χ0) is 21.7. The van der Waals surface area contributed by atoms with Crippen LogP contribution in [-0.2, 0) is 14.8 Å². The number of para-hydroxylation sites is 2. The van der Waals surface area contributed by atoms with Gasteiger partial charge >= 0.3 is 0 Å². The lowest BCUT2D eigenvalue weighted by Crippen LogP contribution is -2.51. The molecule has 1 amide bonds. The third-order valence-corrected chi connectivity index (χ3v) is 6.72. The average Bonchev–Trinajstić information content (AvgIpc) is 2.78. The molecular formula is C20H24N2O7S. The summed E-state index contributed by atoms with van der Waals surface area (Å²) in [4.78, 5) is 14.0. The predicted octanol–water partition coefficient (Wildman–Crippen LogP) is 1.32. The molecule has 0 aromatic heterocycles. The first kappa shape index (κ1) is 21.7. The number of hydrogen-bond donors (Lipinski definition) is 1. The highest BCUT2D eigenvalue weighted by molar-refractivity contribution is 7.89. The highest BCUT2D eigenvalue weighted by Crippen LogP contribution is 2.31. The van der Waals surface area contributed by atoms with Crippen LogP contribution >= 0.6 is 0 Å². The fourth-order valence-electron chi connectivity index (χ4n) is 3.11. The first-order valence-electron chi connectivity index (χ1n) is 9.27. The summed E-state index contributed by atoms with van der Waals surface area (Å²) in [5.74, 6) is 0.523. The predicted molar refractivity (Wildman–Crippen MR) is 108 cm³/mol. The van der Waals surface area contributed by atoms with Crippen molar-refractivity contribution in [2.75, 3.05) is 47.0 Å². The number of amides is 1. The third-order valence-electron chi connectivity index (χ3n) is 4.80. The van der Waals surface area contributed by atoms with Gasteiger partial charge in [-0.3, -0.25) is 4.79 Å². The van der Waals surface area contributed by atoms with Gasteiger partial charge in [-0.15, -0.1) is 0 Å². The number of carbonyl (C=O) groups excluding carboxylic acids is 1. The number of carbonyl (C=O) groups is 1. The molecule has 30 heavy (non-hydrogen) atoms. The average molecular weight is 436 g/mol. The molecule has 0 spiro atoms. The van der Waals surface area contributed by atoms with Crippen molar-refractivity contribution in [3.8, 4) is 23.0 Å². The Morgan fingerprint density at radius 1 is 1.00 bits per heavy atom. The van der Waals surface area contributed by atoms with Crippen molar-refractivity contribution in [1.29, 1.82) is 0 Å². The summed E-state index contributed by atoms with van der Waals surface area (Å²) in [6.45, 7) is 0.507. The van der Waals surface area contributed by atoms with Crippen LogP contribution in [0.25, 0.3) is 0 Å². The zero-order valence-corrected chi connectivity index (χ0v) is 17.6. The first-order valence-corrected chi connectivity index (χ1v) is 10.7. The number of nitrogens with zero attached hydrogens (tertiary/aromatic N) is 2. The van der Waals surface area contributed by atoms with Crippen molar-refractivity contribution in [1.82, 2.24) is 9.21 Å². The van der Waals surface area contributed by atoms with Gasteiger partial charge < -0.3 is 24.2 Å². The van der Waals surface area contributed by atoms with Crippen molar-refractivity contribution < 1.29 is 32.5 Å². The topological polar surface area (TPSA) is 106 Å². The van der Waals surface area contributed by atoms with E-state index in [0.717, 1.165) is 0 Å². The van der Waals surface area contributed by atoms with Gasteiger partial charge in [-0.05, 0) is 24.3 Å². The minimum absolute atomic E-state index is 0.0204. The highest BCUT2D eigenvalue weighted by Gasteiger charge is 2.32. The largest absolute Gasteiger partial charge is 0.504 e. The van der Waals surface area contributed by atoms with Crippen LogP contribution in [0.2, 0.25) is 0 Å². The van der Waals surface area contributed by atoms with Crippen LogP contribution in [0.15, 0.2) is 47.4 Å². The number of phenols is 1. The van der Waals surface area contributed by atoms with Gasteiger partial charge in [0.05, 0.1) is 14.2 Å². The first-order chi connectivity index (χ1) is 14.4. The molecule has 10 heteroatoms. The molecule has 0 saturated carbocycles. The molecule has 1 heterocycles.